The van der Waals surface area contributed by atoms with E-state index >= 15 is 0 Å². The Morgan fingerprint density at radius 2 is 1.96 bits per heavy atom. The molecule has 0 radical (unpaired) electrons. The third kappa shape index (κ3) is 3.87. The van der Waals surface area contributed by atoms with E-state index in [1.165, 1.54) is 22.5 Å². The summed E-state index contributed by atoms with van der Waals surface area (Å²) in [6.45, 7) is 2.66. The van der Waals surface area contributed by atoms with Gasteiger partial charge in [-0.05, 0) is 25.5 Å². The van der Waals surface area contributed by atoms with Gasteiger partial charge in [-0.15, -0.1) is 0 Å². The molecule has 1 N–H and O–H groups in total. The number of piperidine rings is 1. The second-order valence-electron chi connectivity index (χ2n) is 6.53. The number of carbonyl (C=O) groups is 1. The van der Waals surface area contributed by atoms with E-state index in [4.69, 9.17) is 0 Å². The minimum absolute atomic E-state index is 0.0383. The van der Waals surface area contributed by atoms with E-state index in [2.05, 4.69) is 5.32 Å². The van der Waals surface area contributed by atoms with Crippen molar-refractivity contribution in [2.75, 3.05) is 39.3 Å². The lowest BCUT2D eigenvalue weighted by Gasteiger charge is -2.36. The van der Waals surface area contributed by atoms with Crippen LogP contribution in [0, 0.1) is 16.0 Å². The fourth-order valence-corrected chi connectivity index (χ4v) is 4.84. The maximum absolute atomic E-state index is 12.7. The maximum Gasteiger partial charge on any atom is 0.270 e. The zero-order valence-corrected chi connectivity index (χ0v) is 15.2. The van der Waals surface area contributed by atoms with Gasteiger partial charge in [-0.25, -0.2) is 8.42 Å². The Kier molecular flexibility index (Phi) is 5.54. The topological polar surface area (TPSA) is 113 Å². The molecule has 2 aliphatic heterocycles. The lowest BCUT2D eigenvalue weighted by Crippen LogP contribution is -2.53. The van der Waals surface area contributed by atoms with E-state index in [0.29, 0.717) is 19.6 Å². The number of carbonyl (C=O) groups excluding carboxylic acids is 1. The lowest BCUT2D eigenvalue weighted by molar-refractivity contribution is -0.385. The summed E-state index contributed by atoms with van der Waals surface area (Å²) in [6, 6.07) is 5.04. The number of nitro benzene ring substituents is 1. The first-order chi connectivity index (χ1) is 12.4. The molecule has 1 aromatic carbocycles. The van der Waals surface area contributed by atoms with Crippen LogP contribution in [-0.2, 0) is 14.8 Å². The normalized spacial score (nSPS) is 22.2. The van der Waals surface area contributed by atoms with Crippen molar-refractivity contribution >= 4 is 21.6 Å². The highest BCUT2D eigenvalue weighted by Gasteiger charge is 2.33. The number of benzene rings is 1. The molecule has 1 atom stereocenters. The van der Waals surface area contributed by atoms with Crippen molar-refractivity contribution in [2.24, 2.45) is 5.92 Å². The zero-order valence-electron chi connectivity index (χ0n) is 14.3. The Hall–Kier alpha value is -2.04. The maximum atomic E-state index is 12.7. The van der Waals surface area contributed by atoms with Crippen LogP contribution in [-0.4, -0.2) is 67.7 Å². The fourth-order valence-electron chi connectivity index (χ4n) is 3.38. The molecule has 9 nitrogen and oxygen atoms in total. The molecule has 1 amide bonds. The largest absolute Gasteiger partial charge is 0.340 e. The van der Waals surface area contributed by atoms with Crippen LogP contribution in [0.2, 0.25) is 0 Å². The van der Waals surface area contributed by atoms with Crippen LogP contribution < -0.4 is 5.32 Å². The van der Waals surface area contributed by atoms with Gasteiger partial charge in [-0.1, -0.05) is 6.07 Å². The molecule has 26 heavy (non-hydrogen) atoms. The van der Waals surface area contributed by atoms with Crippen molar-refractivity contribution in [3.05, 3.63) is 34.4 Å². The molecule has 0 aromatic heterocycles. The third-order valence-electron chi connectivity index (χ3n) is 4.86. The molecule has 0 aliphatic carbocycles. The molecule has 0 spiro atoms. The lowest BCUT2D eigenvalue weighted by atomic mass is 9.98. The number of piperazine rings is 1. The average Bonchev–Trinajstić information content (AvgIpc) is 2.68. The smallest absolute Gasteiger partial charge is 0.270 e. The highest BCUT2D eigenvalue weighted by atomic mass is 32.2. The summed E-state index contributed by atoms with van der Waals surface area (Å²) >= 11 is 0. The summed E-state index contributed by atoms with van der Waals surface area (Å²) < 4.78 is 26.7. The van der Waals surface area contributed by atoms with Gasteiger partial charge in [-0.3, -0.25) is 14.9 Å². The van der Waals surface area contributed by atoms with E-state index in [9.17, 15) is 23.3 Å². The van der Waals surface area contributed by atoms with Crippen LogP contribution in [0.3, 0.4) is 0 Å². The number of nitrogens with one attached hydrogen (secondary N) is 1. The molecule has 2 heterocycles. The van der Waals surface area contributed by atoms with Gasteiger partial charge in [0.2, 0.25) is 15.9 Å². The molecule has 2 fully saturated rings. The summed E-state index contributed by atoms with van der Waals surface area (Å²) in [5, 5.41) is 14.1. The summed E-state index contributed by atoms with van der Waals surface area (Å²) in [6.07, 6.45) is 1.83. The Balaban J connectivity index is 1.66. The molecule has 2 saturated heterocycles. The number of hydrogen-bond acceptors (Lipinski definition) is 6. The van der Waals surface area contributed by atoms with Crippen LogP contribution >= 0.6 is 0 Å². The number of amides is 1. The van der Waals surface area contributed by atoms with Crippen LogP contribution in [0.15, 0.2) is 29.2 Å². The van der Waals surface area contributed by atoms with Gasteiger partial charge in [0, 0.05) is 44.9 Å². The van der Waals surface area contributed by atoms with Crippen molar-refractivity contribution in [3.8, 4) is 0 Å². The summed E-state index contributed by atoms with van der Waals surface area (Å²) in [4.78, 5) is 24.4. The van der Waals surface area contributed by atoms with Gasteiger partial charge >= 0.3 is 0 Å². The van der Waals surface area contributed by atoms with E-state index in [-0.39, 0.29) is 35.5 Å². The SMILES string of the molecule is O=C(C1CCCNC1)N1CCN(S(=O)(=O)c2cccc([N+](=O)[O-])c2)CC1. The quantitative estimate of drug-likeness (QED) is 0.597. The second kappa shape index (κ2) is 7.68. The first-order valence-corrected chi connectivity index (χ1v) is 10.1. The molecule has 1 unspecified atom stereocenters. The number of rotatable bonds is 4. The van der Waals surface area contributed by atoms with E-state index < -0.39 is 14.9 Å². The Morgan fingerprint density at radius 1 is 1.23 bits per heavy atom. The van der Waals surface area contributed by atoms with Crippen LogP contribution in [0.1, 0.15) is 12.8 Å². The highest BCUT2D eigenvalue weighted by molar-refractivity contribution is 7.89. The van der Waals surface area contributed by atoms with E-state index in [1.807, 2.05) is 0 Å². The van der Waals surface area contributed by atoms with Gasteiger partial charge in [0.1, 0.15) is 0 Å². The summed E-state index contributed by atoms with van der Waals surface area (Å²) in [5.41, 5.74) is -0.260. The van der Waals surface area contributed by atoms with Crippen LogP contribution in [0.5, 0.6) is 0 Å². The van der Waals surface area contributed by atoms with Crippen molar-refractivity contribution in [3.63, 3.8) is 0 Å². The molecule has 142 valence electrons. The fraction of sp³-hybridized carbons (Fsp3) is 0.562. The van der Waals surface area contributed by atoms with Crippen molar-refractivity contribution < 1.29 is 18.1 Å². The number of non-ortho nitro benzene ring substituents is 1. The van der Waals surface area contributed by atoms with Crippen LogP contribution in [0.25, 0.3) is 0 Å². The van der Waals surface area contributed by atoms with Crippen molar-refractivity contribution in [1.82, 2.24) is 14.5 Å². The molecular weight excluding hydrogens is 360 g/mol. The predicted molar refractivity (Wildman–Crippen MR) is 94.0 cm³/mol. The van der Waals surface area contributed by atoms with Gasteiger partial charge in [0.25, 0.3) is 5.69 Å². The zero-order chi connectivity index (χ0) is 18.7. The number of nitro groups is 1. The first-order valence-electron chi connectivity index (χ1n) is 8.64. The number of sulfonamides is 1. The standard InChI is InChI=1S/C16H22N4O5S/c21-16(13-3-2-6-17-12-13)18-7-9-19(10-8-18)26(24,25)15-5-1-4-14(11-15)20(22)23/h1,4-5,11,13,17H,2-3,6-10,12H2. The predicted octanol–water partition coefficient (Wildman–Crippen LogP) is 0.427. The first kappa shape index (κ1) is 18.7. The molecule has 0 bridgehead atoms. The monoisotopic (exact) mass is 382 g/mol. The van der Waals surface area contributed by atoms with Crippen LogP contribution in [0.4, 0.5) is 5.69 Å². The molecule has 3 rings (SSSR count). The van der Waals surface area contributed by atoms with E-state index in [1.54, 1.807) is 4.90 Å². The van der Waals surface area contributed by atoms with E-state index in [0.717, 1.165) is 25.5 Å². The minimum Gasteiger partial charge on any atom is -0.340 e. The number of nitrogens with zero attached hydrogens (tertiary/aromatic N) is 3. The Labute approximate surface area is 152 Å². The van der Waals surface area contributed by atoms with Gasteiger partial charge in [0.15, 0.2) is 0 Å². The summed E-state index contributed by atoms with van der Waals surface area (Å²) in [5.74, 6) is 0.0354. The molecular formula is C16H22N4O5S. The highest BCUT2D eigenvalue weighted by Crippen LogP contribution is 2.23. The third-order valence-corrected chi connectivity index (χ3v) is 6.76. The van der Waals surface area contributed by atoms with Gasteiger partial charge in [0.05, 0.1) is 15.7 Å². The Bertz CT molecular complexity index is 784. The van der Waals surface area contributed by atoms with Gasteiger partial charge < -0.3 is 10.2 Å². The van der Waals surface area contributed by atoms with Crippen molar-refractivity contribution in [2.45, 2.75) is 17.7 Å². The molecule has 10 heteroatoms. The van der Waals surface area contributed by atoms with Gasteiger partial charge in [-0.2, -0.15) is 4.31 Å². The minimum atomic E-state index is -3.81. The summed E-state index contributed by atoms with van der Waals surface area (Å²) in [7, 11) is -3.81. The Morgan fingerprint density at radius 3 is 2.58 bits per heavy atom. The molecule has 1 aromatic rings. The van der Waals surface area contributed by atoms with Crippen molar-refractivity contribution in [1.29, 1.82) is 0 Å². The second-order valence-corrected chi connectivity index (χ2v) is 8.47. The molecule has 0 saturated carbocycles. The molecule has 2 aliphatic rings. The average molecular weight is 382 g/mol. The number of hydrogen-bond donors (Lipinski definition) is 1.